The van der Waals surface area contributed by atoms with Gasteiger partial charge in [-0.15, -0.1) is 0 Å². The van der Waals surface area contributed by atoms with E-state index in [4.69, 9.17) is 11.6 Å². The number of aromatic nitrogens is 1. The molecule has 0 aromatic carbocycles. The molecule has 5 heteroatoms. The molecule has 0 fully saturated rings. The number of hydrogen-bond donors (Lipinski definition) is 3. The molecule has 1 aromatic rings. The Labute approximate surface area is 76.1 Å². The van der Waals surface area contributed by atoms with E-state index < -0.39 is 6.04 Å². The minimum absolute atomic E-state index is 0.364. The zero-order valence-corrected chi connectivity index (χ0v) is 7.10. The number of rotatable bonds is 3. The van der Waals surface area contributed by atoms with Crippen molar-refractivity contribution in [3.05, 3.63) is 30.1 Å². The summed E-state index contributed by atoms with van der Waals surface area (Å²) >= 11 is 0. The molecule has 1 rings (SSSR count). The fourth-order valence-electron chi connectivity index (χ4n) is 0.973. The summed E-state index contributed by atoms with van der Waals surface area (Å²) in [6, 6.07) is 3.01. The molecule has 1 heterocycles. The molecule has 0 spiro atoms. The molecular weight excluding hydrogens is 168 g/mol. The summed E-state index contributed by atoms with van der Waals surface area (Å²) < 4.78 is 0. The first-order valence-electron chi connectivity index (χ1n) is 3.89. The van der Waals surface area contributed by atoms with Gasteiger partial charge in [-0.05, 0) is 24.1 Å². The number of amides is 1. The maximum absolute atomic E-state index is 10.9. The molecule has 1 atom stereocenters. The van der Waals surface area contributed by atoms with Crippen LogP contribution in [0.15, 0.2) is 24.5 Å². The van der Waals surface area contributed by atoms with Crippen LogP contribution >= 0.6 is 0 Å². The van der Waals surface area contributed by atoms with Crippen LogP contribution in [-0.2, 0) is 11.2 Å². The van der Waals surface area contributed by atoms with Crippen molar-refractivity contribution in [2.45, 2.75) is 12.5 Å². The normalized spacial score (nSPS) is 12.2. The second-order valence-electron chi connectivity index (χ2n) is 2.67. The molecule has 0 unspecified atom stereocenters. The van der Waals surface area contributed by atoms with Crippen LogP contribution < -0.4 is 17.0 Å². The van der Waals surface area contributed by atoms with Crippen LogP contribution in [-0.4, -0.2) is 16.9 Å². The van der Waals surface area contributed by atoms with Crippen LogP contribution in [0, 0.1) is 0 Å². The summed E-state index contributed by atoms with van der Waals surface area (Å²) in [7, 11) is 0. The molecule has 0 aliphatic carbocycles. The predicted octanol–water partition coefficient (Wildman–Crippen LogP) is -1.06. The second kappa shape index (κ2) is 4.54. The number of carbonyl (C=O) groups excluding carboxylic acids is 1. The van der Waals surface area contributed by atoms with E-state index in [0.29, 0.717) is 6.42 Å². The molecule has 0 saturated heterocycles. The van der Waals surface area contributed by atoms with Gasteiger partial charge in [0.2, 0.25) is 0 Å². The summed E-state index contributed by atoms with van der Waals surface area (Å²) in [5.74, 6) is 4.57. The van der Waals surface area contributed by atoms with Crippen LogP contribution in [0.3, 0.4) is 0 Å². The first kappa shape index (κ1) is 9.63. The zero-order chi connectivity index (χ0) is 9.68. The van der Waals surface area contributed by atoms with Gasteiger partial charge < -0.3 is 5.73 Å². The Morgan fingerprint density at radius 3 is 2.69 bits per heavy atom. The van der Waals surface area contributed by atoms with E-state index in [1.54, 1.807) is 12.4 Å². The van der Waals surface area contributed by atoms with Crippen molar-refractivity contribution in [2.75, 3.05) is 0 Å². The average Bonchev–Trinajstić information content (AvgIpc) is 2.18. The first-order chi connectivity index (χ1) is 6.24. The van der Waals surface area contributed by atoms with Gasteiger partial charge in [-0.25, -0.2) is 5.84 Å². The van der Waals surface area contributed by atoms with E-state index in [2.05, 4.69) is 4.98 Å². The summed E-state index contributed by atoms with van der Waals surface area (Å²) in [4.78, 5) is 14.8. The van der Waals surface area contributed by atoms with E-state index in [0.717, 1.165) is 5.56 Å². The van der Waals surface area contributed by atoms with Crippen molar-refractivity contribution < 1.29 is 4.79 Å². The van der Waals surface area contributed by atoms with E-state index in [1.165, 1.54) is 0 Å². The first-order valence-corrected chi connectivity index (χ1v) is 3.89. The maximum atomic E-state index is 10.9. The van der Waals surface area contributed by atoms with Gasteiger partial charge in [0, 0.05) is 12.4 Å². The van der Waals surface area contributed by atoms with Crippen molar-refractivity contribution in [1.82, 2.24) is 10.4 Å². The molecule has 70 valence electrons. The van der Waals surface area contributed by atoms with Gasteiger partial charge in [-0.3, -0.25) is 15.2 Å². The molecule has 1 amide bonds. The van der Waals surface area contributed by atoms with Crippen LogP contribution in [0.1, 0.15) is 5.56 Å². The van der Waals surface area contributed by atoms with E-state index in [9.17, 15) is 4.79 Å². The standard InChI is InChI=1S/C8H12N4O/c9-7(8(13)12-10)5-6-1-3-11-4-2-6/h1-4,7H,5,9-10H2,(H,12,13)/t7-/m0/s1. The molecule has 1 aromatic heterocycles. The third-order valence-electron chi connectivity index (χ3n) is 1.68. The summed E-state index contributed by atoms with van der Waals surface area (Å²) in [5, 5.41) is 0. The summed E-state index contributed by atoms with van der Waals surface area (Å²) in [5.41, 5.74) is 8.52. The smallest absolute Gasteiger partial charge is 0.251 e. The number of pyridine rings is 1. The van der Waals surface area contributed by atoms with Crippen LogP contribution in [0.5, 0.6) is 0 Å². The molecule has 0 bridgehead atoms. The Bertz CT molecular complexity index is 275. The highest BCUT2D eigenvalue weighted by molar-refractivity contribution is 5.81. The fraction of sp³-hybridized carbons (Fsp3) is 0.250. The highest BCUT2D eigenvalue weighted by Gasteiger charge is 2.11. The molecule has 5 nitrogen and oxygen atoms in total. The Balaban J connectivity index is 2.55. The zero-order valence-electron chi connectivity index (χ0n) is 7.10. The van der Waals surface area contributed by atoms with Crippen molar-refractivity contribution in [1.29, 1.82) is 0 Å². The van der Waals surface area contributed by atoms with Gasteiger partial charge in [0.15, 0.2) is 0 Å². The molecule has 0 aliphatic heterocycles. The lowest BCUT2D eigenvalue weighted by atomic mass is 10.1. The fourth-order valence-corrected chi connectivity index (χ4v) is 0.973. The Hall–Kier alpha value is -1.46. The number of hydrogen-bond acceptors (Lipinski definition) is 4. The number of carbonyl (C=O) groups is 1. The molecule has 13 heavy (non-hydrogen) atoms. The number of hydrazine groups is 1. The highest BCUT2D eigenvalue weighted by Crippen LogP contribution is 1.99. The Morgan fingerprint density at radius 1 is 1.54 bits per heavy atom. The monoisotopic (exact) mass is 180 g/mol. The molecule has 0 aliphatic rings. The van der Waals surface area contributed by atoms with Gasteiger partial charge in [-0.1, -0.05) is 0 Å². The average molecular weight is 180 g/mol. The van der Waals surface area contributed by atoms with E-state index >= 15 is 0 Å². The summed E-state index contributed by atoms with van der Waals surface area (Å²) in [6.45, 7) is 0. The predicted molar refractivity (Wildman–Crippen MR) is 48.2 cm³/mol. The maximum Gasteiger partial charge on any atom is 0.251 e. The van der Waals surface area contributed by atoms with Crippen LogP contribution in [0.2, 0.25) is 0 Å². The van der Waals surface area contributed by atoms with E-state index in [-0.39, 0.29) is 5.91 Å². The number of nitrogens with zero attached hydrogens (tertiary/aromatic N) is 1. The Morgan fingerprint density at radius 2 is 2.15 bits per heavy atom. The van der Waals surface area contributed by atoms with Gasteiger partial charge in [0.05, 0.1) is 6.04 Å². The van der Waals surface area contributed by atoms with Gasteiger partial charge in [-0.2, -0.15) is 0 Å². The van der Waals surface area contributed by atoms with Gasteiger partial charge >= 0.3 is 0 Å². The van der Waals surface area contributed by atoms with Gasteiger partial charge in [0.1, 0.15) is 0 Å². The molecule has 0 radical (unpaired) electrons. The highest BCUT2D eigenvalue weighted by atomic mass is 16.2. The van der Waals surface area contributed by atoms with Crippen molar-refractivity contribution in [3.63, 3.8) is 0 Å². The minimum atomic E-state index is -0.604. The topological polar surface area (TPSA) is 94.0 Å². The van der Waals surface area contributed by atoms with Crippen LogP contribution in [0.4, 0.5) is 0 Å². The number of nitrogens with one attached hydrogen (secondary N) is 1. The van der Waals surface area contributed by atoms with Crippen molar-refractivity contribution >= 4 is 5.91 Å². The lowest BCUT2D eigenvalue weighted by molar-refractivity contribution is -0.122. The lowest BCUT2D eigenvalue weighted by Crippen LogP contribution is -2.45. The lowest BCUT2D eigenvalue weighted by Gasteiger charge is -2.08. The minimum Gasteiger partial charge on any atom is -0.320 e. The molecule has 0 saturated carbocycles. The molecule has 5 N–H and O–H groups in total. The third-order valence-corrected chi connectivity index (χ3v) is 1.68. The quantitative estimate of drug-likeness (QED) is 0.314. The second-order valence-corrected chi connectivity index (χ2v) is 2.67. The van der Waals surface area contributed by atoms with Crippen LogP contribution in [0.25, 0.3) is 0 Å². The largest absolute Gasteiger partial charge is 0.320 e. The van der Waals surface area contributed by atoms with Crippen molar-refractivity contribution in [2.24, 2.45) is 11.6 Å². The molecular formula is C8H12N4O. The summed E-state index contributed by atoms with van der Waals surface area (Å²) in [6.07, 6.45) is 3.77. The van der Waals surface area contributed by atoms with Gasteiger partial charge in [0.25, 0.3) is 5.91 Å². The third kappa shape index (κ3) is 2.81. The van der Waals surface area contributed by atoms with Crippen molar-refractivity contribution in [3.8, 4) is 0 Å². The van der Waals surface area contributed by atoms with E-state index in [1.807, 2.05) is 17.6 Å². The Kier molecular flexibility index (Phi) is 3.36. The SMILES string of the molecule is NNC(=O)[C@@H](N)Cc1ccncc1. The number of nitrogens with two attached hydrogens (primary N) is 2.